The van der Waals surface area contributed by atoms with Gasteiger partial charge in [0.25, 0.3) is 0 Å². The lowest BCUT2D eigenvalue weighted by molar-refractivity contribution is 0.264. The Morgan fingerprint density at radius 3 is 2.80 bits per heavy atom. The lowest BCUT2D eigenvalue weighted by Crippen LogP contribution is -2.23. The molecule has 1 saturated carbocycles. The smallest absolute Gasteiger partial charge is 0.141 e. The highest BCUT2D eigenvalue weighted by Gasteiger charge is 2.53. The molecule has 2 nitrogen and oxygen atoms in total. The summed E-state index contributed by atoms with van der Waals surface area (Å²) in [5.41, 5.74) is 6.44. The van der Waals surface area contributed by atoms with Gasteiger partial charge in [0.2, 0.25) is 0 Å². The van der Waals surface area contributed by atoms with Gasteiger partial charge in [-0.25, -0.2) is 4.39 Å². The first-order valence-corrected chi connectivity index (χ1v) is 5.28. The molecule has 0 bridgehead atoms. The lowest BCUT2D eigenvalue weighted by Gasteiger charge is -2.15. The Labute approximate surface area is 92.9 Å². The van der Waals surface area contributed by atoms with Crippen molar-refractivity contribution >= 4 is 11.6 Å². The van der Waals surface area contributed by atoms with E-state index in [1.807, 2.05) is 0 Å². The van der Waals surface area contributed by atoms with Crippen LogP contribution in [0.25, 0.3) is 0 Å². The Kier molecular flexibility index (Phi) is 2.71. The molecule has 0 heterocycles. The average Bonchev–Trinajstić information content (AvgIpc) is 2.97. The minimum atomic E-state index is -0.422. The van der Waals surface area contributed by atoms with Crippen LogP contribution in [0.1, 0.15) is 12.0 Å². The van der Waals surface area contributed by atoms with Crippen LogP contribution in [0.3, 0.4) is 0 Å². The van der Waals surface area contributed by atoms with Crippen molar-refractivity contribution in [2.24, 2.45) is 11.7 Å². The standard InChI is InChI=1S/C11H13ClFNO/c12-9-3-7(1-2-10(9)13)11(6-14)4-8(11)5-15/h1-3,8,15H,4-6,14H2/t8-,11?/m1/s1. The van der Waals surface area contributed by atoms with Crippen LogP contribution < -0.4 is 5.73 Å². The quantitative estimate of drug-likeness (QED) is 0.829. The zero-order valence-corrected chi connectivity index (χ0v) is 8.97. The van der Waals surface area contributed by atoms with E-state index in [9.17, 15) is 4.39 Å². The molecule has 0 aliphatic heterocycles. The second-order valence-electron chi connectivity index (χ2n) is 4.07. The number of aliphatic hydroxyl groups excluding tert-OH is 1. The van der Waals surface area contributed by atoms with Crippen molar-refractivity contribution in [2.75, 3.05) is 13.2 Å². The SMILES string of the molecule is NCC1(c2ccc(F)c(Cl)c2)C[C@@H]1CO. The summed E-state index contributed by atoms with van der Waals surface area (Å²) in [5.74, 6) is -0.238. The number of rotatable bonds is 3. The molecule has 1 aromatic carbocycles. The van der Waals surface area contributed by atoms with E-state index in [0.717, 1.165) is 12.0 Å². The van der Waals surface area contributed by atoms with Crippen molar-refractivity contribution in [1.82, 2.24) is 0 Å². The Morgan fingerprint density at radius 2 is 2.33 bits per heavy atom. The van der Waals surface area contributed by atoms with Gasteiger partial charge in [-0.1, -0.05) is 17.7 Å². The van der Waals surface area contributed by atoms with Gasteiger partial charge >= 0.3 is 0 Å². The van der Waals surface area contributed by atoms with Crippen LogP contribution in [0.15, 0.2) is 18.2 Å². The molecule has 1 aliphatic carbocycles. The second kappa shape index (κ2) is 3.74. The normalized spacial score (nSPS) is 29.2. The molecular formula is C11H13ClFNO. The van der Waals surface area contributed by atoms with E-state index in [-0.39, 0.29) is 23.0 Å². The Morgan fingerprint density at radius 1 is 1.60 bits per heavy atom. The van der Waals surface area contributed by atoms with Gasteiger partial charge in [-0.2, -0.15) is 0 Å². The predicted molar refractivity (Wildman–Crippen MR) is 57.3 cm³/mol. The zero-order chi connectivity index (χ0) is 11.1. The van der Waals surface area contributed by atoms with E-state index in [0.29, 0.717) is 6.54 Å². The molecule has 0 radical (unpaired) electrons. The van der Waals surface area contributed by atoms with E-state index in [2.05, 4.69) is 0 Å². The van der Waals surface area contributed by atoms with E-state index < -0.39 is 5.82 Å². The molecule has 4 heteroatoms. The fourth-order valence-electron chi connectivity index (χ4n) is 2.15. The largest absolute Gasteiger partial charge is 0.396 e. The van der Waals surface area contributed by atoms with Crippen LogP contribution in [0.4, 0.5) is 4.39 Å². The van der Waals surface area contributed by atoms with Crippen molar-refractivity contribution in [1.29, 1.82) is 0 Å². The molecule has 0 spiro atoms. The first-order valence-electron chi connectivity index (χ1n) is 4.90. The maximum atomic E-state index is 13.0. The van der Waals surface area contributed by atoms with Crippen molar-refractivity contribution in [3.05, 3.63) is 34.6 Å². The molecule has 1 unspecified atom stereocenters. The third-order valence-electron chi connectivity index (χ3n) is 3.31. The molecule has 0 amide bonds. The van der Waals surface area contributed by atoms with Gasteiger partial charge in [-0.3, -0.25) is 0 Å². The topological polar surface area (TPSA) is 46.2 Å². The highest BCUT2D eigenvalue weighted by Crippen LogP contribution is 2.53. The molecule has 0 saturated heterocycles. The van der Waals surface area contributed by atoms with Gasteiger partial charge < -0.3 is 10.8 Å². The molecule has 82 valence electrons. The molecule has 2 rings (SSSR count). The number of halogens is 2. The van der Waals surface area contributed by atoms with Crippen LogP contribution in [0, 0.1) is 11.7 Å². The molecule has 15 heavy (non-hydrogen) atoms. The lowest BCUT2D eigenvalue weighted by atomic mass is 9.93. The number of hydrogen-bond donors (Lipinski definition) is 2. The summed E-state index contributed by atoms with van der Waals surface area (Å²) in [6.45, 7) is 0.576. The summed E-state index contributed by atoms with van der Waals surface area (Å²) in [4.78, 5) is 0. The minimum Gasteiger partial charge on any atom is -0.396 e. The first kappa shape index (κ1) is 10.9. The molecule has 1 fully saturated rings. The first-order chi connectivity index (χ1) is 7.14. The van der Waals surface area contributed by atoms with Crippen LogP contribution in [0.2, 0.25) is 5.02 Å². The van der Waals surface area contributed by atoms with Gasteiger partial charge in [0.1, 0.15) is 5.82 Å². The van der Waals surface area contributed by atoms with Gasteiger partial charge in [0, 0.05) is 18.6 Å². The number of nitrogens with two attached hydrogens (primary N) is 1. The maximum Gasteiger partial charge on any atom is 0.141 e. The molecular weight excluding hydrogens is 217 g/mol. The summed E-state index contributed by atoms with van der Waals surface area (Å²) < 4.78 is 13.0. The van der Waals surface area contributed by atoms with E-state index in [1.165, 1.54) is 6.07 Å². The Balaban J connectivity index is 2.33. The highest BCUT2D eigenvalue weighted by molar-refractivity contribution is 6.30. The fourth-order valence-corrected chi connectivity index (χ4v) is 2.33. The van der Waals surface area contributed by atoms with Crippen molar-refractivity contribution in [3.8, 4) is 0 Å². The summed E-state index contributed by atoms with van der Waals surface area (Å²) in [6.07, 6.45) is 0.849. The van der Waals surface area contributed by atoms with Gasteiger partial charge in [-0.05, 0) is 30.0 Å². The van der Waals surface area contributed by atoms with Crippen LogP contribution >= 0.6 is 11.6 Å². The van der Waals surface area contributed by atoms with Crippen LogP contribution in [0.5, 0.6) is 0 Å². The minimum absolute atomic E-state index is 0.115. The highest BCUT2D eigenvalue weighted by atomic mass is 35.5. The predicted octanol–water partition coefficient (Wildman–Crippen LogP) is 1.69. The second-order valence-corrected chi connectivity index (χ2v) is 4.48. The summed E-state index contributed by atoms with van der Waals surface area (Å²) in [6, 6.07) is 4.66. The summed E-state index contributed by atoms with van der Waals surface area (Å²) >= 11 is 5.72. The Hall–Kier alpha value is -0.640. The van der Waals surface area contributed by atoms with Gasteiger partial charge in [0.15, 0.2) is 0 Å². The number of hydrogen-bond acceptors (Lipinski definition) is 2. The van der Waals surface area contributed by atoms with E-state index in [4.69, 9.17) is 22.4 Å². The van der Waals surface area contributed by atoms with Crippen molar-refractivity contribution in [3.63, 3.8) is 0 Å². The molecule has 3 N–H and O–H groups in total. The average molecular weight is 230 g/mol. The number of aliphatic hydroxyl groups is 1. The fraction of sp³-hybridized carbons (Fsp3) is 0.455. The summed E-state index contributed by atoms with van der Waals surface area (Å²) in [7, 11) is 0. The third-order valence-corrected chi connectivity index (χ3v) is 3.60. The van der Waals surface area contributed by atoms with Crippen LogP contribution in [-0.4, -0.2) is 18.3 Å². The van der Waals surface area contributed by atoms with E-state index in [1.54, 1.807) is 12.1 Å². The third kappa shape index (κ3) is 1.65. The summed E-state index contributed by atoms with van der Waals surface area (Å²) in [5, 5.41) is 9.21. The van der Waals surface area contributed by atoms with Gasteiger partial charge in [0.05, 0.1) is 5.02 Å². The molecule has 0 aromatic heterocycles. The number of benzene rings is 1. The van der Waals surface area contributed by atoms with Gasteiger partial charge in [-0.15, -0.1) is 0 Å². The van der Waals surface area contributed by atoms with E-state index >= 15 is 0 Å². The molecule has 1 aliphatic rings. The Bertz CT molecular complexity index is 385. The zero-order valence-electron chi connectivity index (χ0n) is 8.21. The molecule has 2 atom stereocenters. The van der Waals surface area contributed by atoms with Crippen molar-refractivity contribution < 1.29 is 9.50 Å². The van der Waals surface area contributed by atoms with Crippen LogP contribution in [-0.2, 0) is 5.41 Å². The molecule has 1 aromatic rings. The maximum absolute atomic E-state index is 13.0. The van der Waals surface area contributed by atoms with Crippen molar-refractivity contribution in [2.45, 2.75) is 11.8 Å². The monoisotopic (exact) mass is 229 g/mol.